The van der Waals surface area contributed by atoms with E-state index in [1.54, 1.807) is 6.92 Å². The fourth-order valence-electron chi connectivity index (χ4n) is 2.18. The molecule has 0 unspecified atom stereocenters. The van der Waals surface area contributed by atoms with Gasteiger partial charge in [0.1, 0.15) is 0 Å². The zero-order chi connectivity index (χ0) is 17.8. The third kappa shape index (κ3) is 5.63. The van der Waals surface area contributed by atoms with Crippen LogP contribution in [0.15, 0.2) is 18.2 Å². The van der Waals surface area contributed by atoms with Crippen molar-refractivity contribution in [1.29, 1.82) is 0 Å². The van der Waals surface area contributed by atoms with Gasteiger partial charge in [-0.1, -0.05) is 19.1 Å². The van der Waals surface area contributed by atoms with Gasteiger partial charge in [-0.3, -0.25) is 4.79 Å². The molecule has 1 aromatic carbocycles. The van der Waals surface area contributed by atoms with Gasteiger partial charge in [0.25, 0.3) is 0 Å². The van der Waals surface area contributed by atoms with Crippen molar-refractivity contribution in [3.63, 3.8) is 0 Å². The number of benzene rings is 1. The highest BCUT2D eigenvalue weighted by Crippen LogP contribution is 2.39. The second kappa shape index (κ2) is 7.46. The molecule has 1 rings (SSSR count). The van der Waals surface area contributed by atoms with Crippen LogP contribution in [0.4, 0.5) is 26.3 Å². The Morgan fingerprint density at radius 3 is 2.26 bits per heavy atom. The van der Waals surface area contributed by atoms with E-state index in [9.17, 15) is 31.1 Å². The second-order valence-electron chi connectivity index (χ2n) is 4.87. The van der Waals surface area contributed by atoms with Crippen molar-refractivity contribution < 1.29 is 31.1 Å². The summed E-state index contributed by atoms with van der Waals surface area (Å²) in [4.78, 5) is 11.2. The summed E-state index contributed by atoms with van der Waals surface area (Å²) >= 11 is 0.513. The molecule has 23 heavy (non-hydrogen) atoms. The monoisotopic (exact) mass is 359 g/mol. The summed E-state index contributed by atoms with van der Waals surface area (Å²) in [7, 11) is 0. The van der Waals surface area contributed by atoms with E-state index in [0.717, 1.165) is 6.07 Å². The first-order valence-electron chi connectivity index (χ1n) is 6.61. The van der Waals surface area contributed by atoms with Gasteiger partial charge in [0.05, 0.1) is 16.9 Å². The number of hydrogen-bond donors (Lipinski definition) is 1. The van der Waals surface area contributed by atoms with Crippen LogP contribution >= 0.6 is 11.8 Å². The predicted octanol–water partition coefficient (Wildman–Crippen LogP) is 4.59. The Balaban J connectivity index is 3.18. The lowest BCUT2D eigenvalue weighted by Crippen LogP contribution is -2.22. The molecule has 2 N–H and O–H groups in total. The normalized spacial score (nSPS) is 13.9. The molecule has 0 fully saturated rings. The molecule has 0 spiro atoms. The average molecular weight is 359 g/mol. The van der Waals surface area contributed by atoms with Crippen LogP contribution in [0, 0.1) is 0 Å². The predicted molar refractivity (Wildman–Crippen MR) is 76.4 cm³/mol. The van der Waals surface area contributed by atoms with E-state index in [0.29, 0.717) is 11.8 Å². The molecule has 0 heterocycles. The van der Waals surface area contributed by atoms with E-state index in [-0.39, 0.29) is 17.7 Å². The summed E-state index contributed by atoms with van der Waals surface area (Å²) in [6.07, 6.45) is -9.00. The van der Waals surface area contributed by atoms with E-state index in [4.69, 9.17) is 5.73 Å². The SMILES string of the molecule is CC[C@@H](CSCC(F)(F)F)c1cccc(C(N)=O)c1C(F)(F)F. The maximum absolute atomic E-state index is 13.3. The first-order valence-corrected chi connectivity index (χ1v) is 7.77. The van der Waals surface area contributed by atoms with Gasteiger partial charge in [-0.05, 0) is 24.0 Å². The molecule has 0 saturated heterocycles. The Kier molecular flexibility index (Phi) is 6.38. The van der Waals surface area contributed by atoms with Crippen LogP contribution in [-0.4, -0.2) is 23.6 Å². The first-order chi connectivity index (χ1) is 10.5. The highest BCUT2D eigenvalue weighted by atomic mass is 32.2. The molecule has 0 aromatic heterocycles. The van der Waals surface area contributed by atoms with Crippen LogP contribution in [0.5, 0.6) is 0 Å². The highest BCUT2D eigenvalue weighted by Gasteiger charge is 2.39. The zero-order valence-electron chi connectivity index (χ0n) is 12.1. The fraction of sp³-hybridized carbons (Fsp3) is 0.500. The molecule has 0 aliphatic heterocycles. The third-order valence-corrected chi connectivity index (χ3v) is 4.33. The Hall–Kier alpha value is -1.38. The maximum Gasteiger partial charge on any atom is 0.417 e. The van der Waals surface area contributed by atoms with Gasteiger partial charge >= 0.3 is 12.4 Å². The Labute approximate surface area is 133 Å². The average Bonchev–Trinajstić information content (AvgIpc) is 2.40. The van der Waals surface area contributed by atoms with Crippen molar-refractivity contribution in [3.05, 3.63) is 34.9 Å². The summed E-state index contributed by atoms with van der Waals surface area (Å²) in [5.74, 6) is -3.27. The zero-order valence-corrected chi connectivity index (χ0v) is 12.9. The van der Waals surface area contributed by atoms with E-state index in [2.05, 4.69) is 0 Å². The molecular formula is C14H15F6NOS. The minimum Gasteiger partial charge on any atom is -0.366 e. The van der Waals surface area contributed by atoms with Gasteiger partial charge in [0.15, 0.2) is 0 Å². The molecule has 0 saturated carbocycles. The maximum atomic E-state index is 13.3. The number of primary amides is 1. The minimum atomic E-state index is -4.82. The summed E-state index contributed by atoms with van der Waals surface area (Å²) < 4.78 is 76.4. The molecule has 0 bridgehead atoms. The molecule has 130 valence electrons. The van der Waals surface area contributed by atoms with Crippen molar-refractivity contribution in [2.75, 3.05) is 11.5 Å². The lowest BCUT2D eigenvalue weighted by molar-refractivity contribution is -0.138. The fourth-order valence-corrected chi connectivity index (χ4v) is 3.23. The van der Waals surface area contributed by atoms with Gasteiger partial charge in [0, 0.05) is 5.75 Å². The standard InChI is InChI=1S/C14H15F6NOS/c1-2-8(6-23-7-13(15,16)17)9-4-3-5-10(12(21)22)11(9)14(18,19)20/h3-5,8H,2,6-7H2,1H3,(H2,21,22)/t8-/m0/s1. The molecule has 1 amide bonds. The number of alkyl halides is 6. The molecule has 1 aromatic rings. The molecule has 0 aliphatic rings. The van der Waals surface area contributed by atoms with Crippen molar-refractivity contribution in [3.8, 4) is 0 Å². The quantitative estimate of drug-likeness (QED) is 0.755. The summed E-state index contributed by atoms with van der Waals surface area (Å²) in [5, 5.41) is 0. The smallest absolute Gasteiger partial charge is 0.366 e. The van der Waals surface area contributed by atoms with Gasteiger partial charge in [-0.25, -0.2) is 0 Å². The minimum absolute atomic E-state index is 0.138. The van der Waals surface area contributed by atoms with Crippen LogP contribution in [0.2, 0.25) is 0 Å². The van der Waals surface area contributed by atoms with Crippen LogP contribution in [-0.2, 0) is 6.18 Å². The van der Waals surface area contributed by atoms with Gasteiger partial charge in [0.2, 0.25) is 5.91 Å². The number of nitrogens with two attached hydrogens (primary N) is 1. The lowest BCUT2D eigenvalue weighted by atomic mass is 9.90. The number of hydrogen-bond acceptors (Lipinski definition) is 2. The van der Waals surface area contributed by atoms with E-state index in [1.165, 1.54) is 12.1 Å². The third-order valence-electron chi connectivity index (χ3n) is 3.16. The van der Waals surface area contributed by atoms with Crippen molar-refractivity contribution in [2.24, 2.45) is 5.73 Å². The second-order valence-corrected chi connectivity index (χ2v) is 5.90. The number of carbonyl (C=O) groups is 1. The summed E-state index contributed by atoms with van der Waals surface area (Å²) in [5.41, 5.74) is 2.95. The number of carbonyl (C=O) groups excluding carboxylic acids is 1. The molecule has 9 heteroatoms. The molecule has 1 atom stereocenters. The molecule has 0 radical (unpaired) electrons. The van der Waals surface area contributed by atoms with Crippen LogP contribution in [0.1, 0.15) is 40.7 Å². The van der Waals surface area contributed by atoms with Gasteiger partial charge in [-0.2, -0.15) is 38.1 Å². The number of halogens is 6. The summed E-state index contributed by atoms with van der Waals surface area (Å²) in [6.45, 7) is 1.58. The number of thioether (sulfide) groups is 1. The summed E-state index contributed by atoms with van der Waals surface area (Å²) in [6, 6.07) is 3.39. The van der Waals surface area contributed by atoms with Crippen LogP contribution in [0.25, 0.3) is 0 Å². The van der Waals surface area contributed by atoms with Crippen molar-refractivity contribution >= 4 is 17.7 Å². The van der Waals surface area contributed by atoms with Crippen molar-refractivity contribution in [1.82, 2.24) is 0 Å². The Morgan fingerprint density at radius 1 is 1.22 bits per heavy atom. The molecule has 0 aliphatic carbocycles. The molecule has 2 nitrogen and oxygen atoms in total. The first kappa shape index (κ1) is 19.7. The number of rotatable bonds is 6. The Morgan fingerprint density at radius 2 is 1.83 bits per heavy atom. The van der Waals surface area contributed by atoms with Crippen molar-refractivity contribution in [2.45, 2.75) is 31.6 Å². The highest BCUT2D eigenvalue weighted by molar-refractivity contribution is 7.99. The van der Waals surface area contributed by atoms with E-state index >= 15 is 0 Å². The van der Waals surface area contributed by atoms with E-state index in [1.807, 2.05) is 0 Å². The van der Waals surface area contributed by atoms with Gasteiger partial charge < -0.3 is 5.73 Å². The number of amides is 1. The topological polar surface area (TPSA) is 43.1 Å². The largest absolute Gasteiger partial charge is 0.417 e. The Bertz CT molecular complexity index is 555. The molecular weight excluding hydrogens is 344 g/mol. The lowest BCUT2D eigenvalue weighted by Gasteiger charge is -2.22. The van der Waals surface area contributed by atoms with Crippen LogP contribution in [0.3, 0.4) is 0 Å². The van der Waals surface area contributed by atoms with E-state index < -0.39 is 41.1 Å². The van der Waals surface area contributed by atoms with Crippen LogP contribution < -0.4 is 5.73 Å². The van der Waals surface area contributed by atoms with Gasteiger partial charge in [-0.15, -0.1) is 0 Å².